The van der Waals surface area contributed by atoms with Crippen LogP contribution >= 0.6 is 23.1 Å². The number of β-lactam (4-membered cyclic amide) rings is 1. The van der Waals surface area contributed by atoms with Gasteiger partial charge in [0.05, 0.1) is 33.2 Å². The molecule has 5 rings (SSSR count). The van der Waals surface area contributed by atoms with Crippen LogP contribution in [0, 0.1) is 0 Å². The Morgan fingerprint density at radius 1 is 1.22 bits per heavy atom. The Kier molecular flexibility index (Phi) is 8.98. The Hall–Kier alpha value is -4.68. The molecule has 5 N–H and O–H groups in total. The largest absolute Gasteiger partial charge is 0.504 e. The highest BCUT2D eigenvalue weighted by Crippen LogP contribution is 2.41. The van der Waals surface area contributed by atoms with E-state index in [0.29, 0.717) is 54.9 Å². The van der Waals surface area contributed by atoms with Crippen LogP contribution in [-0.2, 0) is 24.0 Å². The number of hydrogen-bond donors (Lipinski definition) is 5. The third-order valence-corrected chi connectivity index (χ3v) is 9.88. The van der Waals surface area contributed by atoms with Gasteiger partial charge in [0.2, 0.25) is 6.41 Å². The number of anilines is 1. The Labute approximate surface area is 264 Å². The first kappa shape index (κ1) is 31.7. The van der Waals surface area contributed by atoms with Crippen molar-refractivity contribution in [3.63, 3.8) is 0 Å². The fourth-order valence-electron chi connectivity index (χ4n) is 5.42. The minimum absolute atomic E-state index is 0.110. The molecule has 0 saturated carbocycles. The van der Waals surface area contributed by atoms with Gasteiger partial charge in [0.1, 0.15) is 36.5 Å². The maximum absolute atomic E-state index is 13.3. The number of carbonyl (C=O) groups is 5. The number of fused-ring (bicyclic) bond motifs is 1. The van der Waals surface area contributed by atoms with E-state index in [4.69, 9.17) is 4.84 Å². The maximum atomic E-state index is 13.3. The summed E-state index contributed by atoms with van der Waals surface area (Å²) in [6.07, 6.45) is 0.440. The summed E-state index contributed by atoms with van der Waals surface area (Å²) < 4.78 is 0.440. The van der Waals surface area contributed by atoms with E-state index in [0.717, 1.165) is 11.3 Å². The molecule has 16 nitrogen and oxygen atoms in total. The van der Waals surface area contributed by atoms with Gasteiger partial charge in [-0.05, 0) is 18.2 Å². The van der Waals surface area contributed by atoms with E-state index >= 15 is 0 Å². The average molecular weight is 661 g/mol. The van der Waals surface area contributed by atoms with E-state index in [9.17, 15) is 39.3 Å². The first-order chi connectivity index (χ1) is 21.5. The maximum Gasteiger partial charge on any atom is 0.352 e. The Morgan fingerprint density at radius 3 is 2.60 bits per heavy atom. The minimum Gasteiger partial charge on any atom is -0.504 e. The van der Waals surface area contributed by atoms with Gasteiger partial charge in [0, 0.05) is 22.3 Å². The van der Waals surface area contributed by atoms with E-state index in [2.05, 4.69) is 20.8 Å². The summed E-state index contributed by atoms with van der Waals surface area (Å²) in [6, 6.07) is 2.90. The lowest BCUT2D eigenvalue weighted by Gasteiger charge is -2.50. The van der Waals surface area contributed by atoms with Gasteiger partial charge in [-0.15, -0.1) is 23.1 Å². The van der Waals surface area contributed by atoms with Crippen LogP contribution in [-0.4, -0.2) is 134 Å². The van der Waals surface area contributed by atoms with Crippen molar-refractivity contribution in [1.82, 2.24) is 20.1 Å². The predicted octanol–water partition coefficient (Wildman–Crippen LogP) is -0.186. The van der Waals surface area contributed by atoms with E-state index in [1.54, 1.807) is 4.90 Å². The third-order valence-electron chi connectivity index (χ3n) is 7.76. The number of aromatic nitrogens is 1. The SMILES string of the molecule is CON=C(C(=O)N[C@@H]1C(=O)N2C(C(=O)O)=C(C[N+]3(C)CCN(C(=O)c4ccc(O)c(O)c4)CC3)CS[C@@H]12)c1csc(NC=O)n1. The Balaban J connectivity index is 1.25. The van der Waals surface area contributed by atoms with Gasteiger partial charge in [-0.25, -0.2) is 9.78 Å². The van der Waals surface area contributed by atoms with Crippen molar-refractivity contribution < 1.29 is 48.6 Å². The highest BCUT2D eigenvalue weighted by atomic mass is 32.2. The number of hydrogen-bond acceptors (Lipinski definition) is 12. The molecule has 2 aromatic rings. The van der Waals surface area contributed by atoms with Crippen molar-refractivity contribution in [2.75, 3.05) is 58.0 Å². The number of nitrogens with zero attached hydrogens (tertiary/aromatic N) is 5. The molecule has 1 aromatic heterocycles. The zero-order valence-electron chi connectivity index (χ0n) is 24.1. The number of thiazole rings is 1. The molecule has 4 heterocycles. The molecule has 2 saturated heterocycles. The van der Waals surface area contributed by atoms with Crippen molar-refractivity contribution in [1.29, 1.82) is 0 Å². The van der Waals surface area contributed by atoms with Gasteiger partial charge in [0.15, 0.2) is 22.3 Å². The predicted molar refractivity (Wildman–Crippen MR) is 161 cm³/mol. The van der Waals surface area contributed by atoms with Gasteiger partial charge in [-0.2, -0.15) is 0 Å². The normalized spacial score (nSPS) is 21.0. The minimum atomic E-state index is -1.25. The third kappa shape index (κ3) is 6.29. The molecule has 2 fully saturated rings. The van der Waals surface area contributed by atoms with Gasteiger partial charge in [-0.3, -0.25) is 24.1 Å². The number of likely N-dealkylation sites (N-methyl/N-ethyl adjacent to an activating group) is 1. The van der Waals surface area contributed by atoms with Crippen LogP contribution in [0.4, 0.5) is 5.13 Å². The van der Waals surface area contributed by atoms with E-state index in [1.807, 2.05) is 7.05 Å². The van der Waals surface area contributed by atoms with Crippen molar-refractivity contribution in [2.45, 2.75) is 11.4 Å². The van der Waals surface area contributed by atoms with E-state index in [1.165, 1.54) is 47.4 Å². The van der Waals surface area contributed by atoms with Crippen LogP contribution in [0.25, 0.3) is 0 Å². The summed E-state index contributed by atoms with van der Waals surface area (Å²) >= 11 is 2.40. The smallest absolute Gasteiger partial charge is 0.352 e. The van der Waals surface area contributed by atoms with Gasteiger partial charge < -0.3 is 40.2 Å². The summed E-state index contributed by atoms with van der Waals surface area (Å²) in [4.78, 5) is 74.2. The number of phenolic OH excluding ortho intramolecular Hbond substituents is 2. The standard InChI is InChI=1S/C27H29N7O9S2/c1-34(7-5-32(6-8-34)23(39)14-3-4-17(36)18(37)9-14)10-15-11-44-25-20(24(40)33(25)21(15)26(41)42)30-22(38)19(31-43-2)16-12-45-27(29-16)28-13-35/h3-4,9,12-13,20,25H,5-8,10-11H2,1-2H3,(H4-,28,29,30,31,35,36,37,38,39,41,42)/p+1/t20-,25+/m1/s1. The van der Waals surface area contributed by atoms with Crippen LogP contribution < -0.4 is 10.6 Å². The number of carbonyl (C=O) groups excluding carboxylic acids is 4. The number of carboxylic acid groups (broad SMARTS) is 1. The lowest BCUT2D eigenvalue weighted by molar-refractivity contribution is -0.908. The van der Waals surface area contributed by atoms with Crippen LogP contribution in [0.1, 0.15) is 16.1 Å². The van der Waals surface area contributed by atoms with Crippen LogP contribution in [0.15, 0.2) is 40.0 Å². The average Bonchev–Trinajstić information content (AvgIpc) is 3.47. The second-order valence-electron chi connectivity index (χ2n) is 10.8. The zero-order valence-corrected chi connectivity index (χ0v) is 25.8. The number of benzene rings is 1. The van der Waals surface area contributed by atoms with E-state index < -0.39 is 29.2 Å². The number of rotatable bonds is 10. The molecule has 45 heavy (non-hydrogen) atoms. The number of aromatic hydroxyl groups is 2. The lowest BCUT2D eigenvalue weighted by Crippen LogP contribution is -2.71. The number of piperazine rings is 1. The second kappa shape index (κ2) is 12.7. The molecule has 0 aliphatic carbocycles. The Bertz CT molecular complexity index is 1620. The molecular weight excluding hydrogens is 630 g/mol. The van der Waals surface area contributed by atoms with Crippen molar-refractivity contribution in [3.8, 4) is 11.5 Å². The Morgan fingerprint density at radius 2 is 1.96 bits per heavy atom. The fourth-order valence-corrected chi connectivity index (χ4v) is 7.41. The highest BCUT2D eigenvalue weighted by molar-refractivity contribution is 8.00. The first-order valence-electron chi connectivity index (χ1n) is 13.6. The number of phenols is 2. The number of thioether (sulfide) groups is 1. The van der Waals surface area contributed by atoms with Crippen LogP contribution in [0.5, 0.6) is 11.5 Å². The zero-order chi connectivity index (χ0) is 32.5. The molecule has 3 aliphatic rings. The molecule has 0 radical (unpaired) electrons. The van der Waals surface area contributed by atoms with Crippen LogP contribution in [0.2, 0.25) is 0 Å². The lowest BCUT2D eigenvalue weighted by atomic mass is 10.0. The second-order valence-corrected chi connectivity index (χ2v) is 12.7. The molecule has 4 amide bonds. The van der Waals surface area contributed by atoms with Crippen molar-refractivity contribution in [2.24, 2.45) is 5.16 Å². The van der Waals surface area contributed by atoms with Crippen LogP contribution in [0.3, 0.4) is 0 Å². The fraction of sp³-hybridized carbons (Fsp3) is 0.370. The summed E-state index contributed by atoms with van der Waals surface area (Å²) in [5, 5.41) is 39.2. The molecule has 2 atom stereocenters. The molecule has 0 unspecified atom stereocenters. The van der Waals surface area contributed by atoms with Crippen molar-refractivity contribution in [3.05, 3.63) is 46.1 Å². The highest BCUT2D eigenvalue weighted by Gasteiger charge is 2.55. The van der Waals surface area contributed by atoms with Gasteiger partial charge in [0.25, 0.3) is 17.7 Å². The molecule has 1 aromatic carbocycles. The molecule has 0 spiro atoms. The van der Waals surface area contributed by atoms with Crippen molar-refractivity contribution >= 4 is 64.0 Å². The number of quaternary nitrogens is 1. The molecule has 0 bridgehead atoms. The number of nitrogens with one attached hydrogen (secondary N) is 2. The number of amides is 4. The first-order valence-corrected chi connectivity index (χ1v) is 15.5. The molecular formula is C27H30N7O9S2+. The topological polar surface area (TPSA) is 211 Å². The van der Waals surface area contributed by atoms with Gasteiger partial charge >= 0.3 is 5.97 Å². The number of oxime groups is 1. The van der Waals surface area contributed by atoms with Gasteiger partial charge in [-0.1, -0.05) is 5.16 Å². The summed E-state index contributed by atoms with van der Waals surface area (Å²) in [6.45, 7) is 2.16. The monoisotopic (exact) mass is 660 g/mol. The molecule has 238 valence electrons. The number of carboxylic acids is 1. The molecule has 3 aliphatic heterocycles. The molecule has 18 heteroatoms. The number of aliphatic carboxylic acids is 1. The van der Waals surface area contributed by atoms with E-state index in [-0.39, 0.29) is 45.2 Å². The summed E-state index contributed by atoms with van der Waals surface area (Å²) in [5.74, 6) is -3.25. The quantitative estimate of drug-likeness (QED) is 0.0563. The summed E-state index contributed by atoms with van der Waals surface area (Å²) in [7, 11) is 3.20. The summed E-state index contributed by atoms with van der Waals surface area (Å²) in [5.41, 5.74) is 0.619.